The lowest BCUT2D eigenvalue weighted by Gasteiger charge is -2.43. The molecular weight excluding hydrogens is 806 g/mol. The van der Waals surface area contributed by atoms with Gasteiger partial charge < -0.3 is 44.6 Å². The minimum absolute atomic E-state index is 1.05. The number of aliphatic hydroxyl groups excluding tert-OH is 4. The highest BCUT2D eigenvalue weighted by Crippen LogP contribution is 2.48. The molecule has 1 aliphatic rings. The van der Waals surface area contributed by atoms with E-state index >= 15 is 0 Å². The zero-order valence-electron chi connectivity index (χ0n) is 25.9. The van der Waals surface area contributed by atoms with Gasteiger partial charge in [0.2, 0.25) is 0 Å². The van der Waals surface area contributed by atoms with Gasteiger partial charge >= 0.3 is 27.8 Å². The van der Waals surface area contributed by atoms with E-state index in [1.165, 1.54) is 0 Å². The van der Waals surface area contributed by atoms with E-state index in [4.69, 9.17) is 19.8 Å². The van der Waals surface area contributed by atoms with Crippen molar-refractivity contribution in [3.63, 3.8) is 0 Å². The van der Waals surface area contributed by atoms with Crippen LogP contribution >= 0.6 is 15.6 Å². The Balaban J connectivity index is 2.83. The summed E-state index contributed by atoms with van der Waals surface area (Å²) in [7, 11) is -11.0. The molecule has 0 aromatic carbocycles. The van der Waals surface area contributed by atoms with E-state index in [-0.39, 0.29) is 0 Å². The summed E-state index contributed by atoms with van der Waals surface area (Å²) in [6.45, 7) is -0.776. The fraction of sp³-hybridized carbons (Fsp3) is 0.455. The maximum absolute atomic E-state index is 12.6. The van der Waals surface area contributed by atoms with Gasteiger partial charge in [-0.1, -0.05) is 5.92 Å². The van der Waals surface area contributed by atoms with Gasteiger partial charge in [0, 0.05) is 36.2 Å². The second-order valence-corrected chi connectivity index (χ2v) is 10.8. The van der Waals surface area contributed by atoms with Crippen LogP contribution in [0.25, 0.3) is 0 Å². The second kappa shape index (κ2) is 26.8. The summed E-state index contributed by atoms with van der Waals surface area (Å²) >= 11 is 0. The number of hydrogen-bond donors (Lipinski definition) is 8. The van der Waals surface area contributed by atoms with Gasteiger partial charge in [0.25, 0.3) is 0 Å². The summed E-state index contributed by atoms with van der Waals surface area (Å²) in [6.07, 6.45) is -18.3. The Morgan fingerprint density at radius 1 is 0.630 bits per heavy atom. The van der Waals surface area contributed by atoms with Crippen LogP contribution in [-0.4, -0.2) is 108 Å². The fourth-order valence-electron chi connectivity index (χ4n) is 2.92. The molecule has 32 heteroatoms. The Morgan fingerprint density at radius 3 is 1.63 bits per heavy atom. The molecule has 0 aromatic rings. The molecule has 0 amide bonds. The molecule has 8 N–H and O–H groups in total. The van der Waals surface area contributed by atoms with E-state index in [2.05, 4.69) is 131 Å². The van der Waals surface area contributed by atoms with Crippen LogP contribution in [0.15, 0.2) is 0 Å². The lowest BCUT2D eigenvalue weighted by molar-refractivity contribution is -0.874. The number of aliphatic hydroxyl groups is 4. The highest BCUT2D eigenvalue weighted by Gasteiger charge is 2.54. The van der Waals surface area contributed by atoms with Crippen LogP contribution in [0.3, 0.4) is 0 Å². The largest absolute Gasteiger partial charge is 0.543 e. The van der Waals surface area contributed by atoms with E-state index in [0.29, 0.717) is 0 Å². The average Bonchev–Trinajstić information content (AvgIpc) is 3.11. The average molecular weight is 828 g/mol. The van der Waals surface area contributed by atoms with Crippen molar-refractivity contribution in [3.8, 4) is 59.2 Å². The van der Waals surface area contributed by atoms with E-state index < -0.39 is 83.7 Å². The van der Waals surface area contributed by atoms with Crippen LogP contribution in [0, 0.1) is 59.2 Å². The number of carbonyl (C=O) groups is 2. The quantitative estimate of drug-likeness (QED) is 0.00985. The maximum Gasteiger partial charge on any atom is 0.543 e. The van der Waals surface area contributed by atoms with Gasteiger partial charge in [0.1, 0.15) is 43.2 Å². The smallest absolute Gasteiger partial charge is 0.452 e. The van der Waals surface area contributed by atoms with Crippen LogP contribution in [0.5, 0.6) is 0 Å². The number of ether oxygens (including phenoxy) is 2. The fourth-order valence-corrected chi connectivity index (χ4v) is 4.46. The lowest BCUT2D eigenvalue weighted by Crippen LogP contribution is -2.64. The Bertz CT molecular complexity index is 1590. The van der Waals surface area contributed by atoms with Crippen LogP contribution in [0.1, 0.15) is 6.92 Å². The standard InChI is InChI=1S/C22H22O30P2/c1-2-3-4-5-6-7-8-9-10-11-15(23)35-12-14(37-22(28)38-42-44-46-48-50-52-51-49-47-45-43-41-29)13-36-54(33,34)40-21-18(26)16(24)17(25)20(19(21)27)39-53(30,31)32/h14,16-21,24-27,29H,12-13H2,1H3,(H,33,34)(H2,30,31,32)/t14-,16-,17+,18?,19+,20?,21?/m1/s1. The number of esters is 1. The molecule has 1 fully saturated rings. The molecule has 1 aliphatic carbocycles. The molecule has 300 valence electrons. The molecule has 1 rings (SSSR count). The van der Waals surface area contributed by atoms with Gasteiger partial charge in [-0.2, -0.15) is 0 Å². The predicted octanol–water partition coefficient (Wildman–Crippen LogP) is -3.82. The molecule has 0 spiro atoms. The number of phosphoric acid groups is 2. The first-order chi connectivity index (χ1) is 25.6. The minimum Gasteiger partial charge on any atom is -0.452 e. The molecule has 54 heavy (non-hydrogen) atoms. The van der Waals surface area contributed by atoms with Gasteiger partial charge in [0.05, 0.1) is 6.61 Å². The first kappa shape index (κ1) is 48.1. The third-order valence-corrected chi connectivity index (χ3v) is 6.29. The molecule has 4 unspecified atom stereocenters. The third-order valence-electron chi connectivity index (χ3n) is 4.78. The first-order valence-corrected chi connectivity index (χ1v) is 15.9. The predicted molar refractivity (Wildman–Crippen MR) is 144 cm³/mol. The molecule has 1 saturated carbocycles. The first-order valence-electron chi connectivity index (χ1n) is 12.8. The summed E-state index contributed by atoms with van der Waals surface area (Å²) in [4.78, 5) is 56.0. The van der Waals surface area contributed by atoms with Crippen molar-refractivity contribution in [1.29, 1.82) is 0 Å². The molecule has 0 heterocycles. The normalized spacial score (nSPS) is 21.9. The van der Waals surface area contributed by atoms with Crippen LogP contribution < -0.4 is 0 Å². The van der Waals surface area contributed by atoms with Gasteiger partial charge in [-0.15, -0.1) is 0 Å². The highest BCUT2D eigenvalue weighted by atomic mass is 31.2. The van der Waals surface area contributed by atoms with E-state index in [9.17, 15) is 44.0 Å². The second-order valence-electron chi connectivity index (χ2n) is 8.23. The van der Waals surface area contributed by atoms with Crippen LogP contribution in [-0.2, 0) is 102 Å². The summed E-state index contributed by atoms with van der Waals surface area (Å²) < 4.78 is 46.6. The third kappa shape index (κ3) is 21.7. The van der Waals surface area contributed by atoms with Crippen molar-refractivity contribution in [2.75, 3.05) is 13.2 Å². The van der Waals surface area contributed by atoms with Crippen LogP contribution in [0.2, 0.25) is 0 Å². The van der Waals surface area contributed by atoms with Crippen molar-refractivity contribution >= 4 is 27.8 Å². The Hall–Kier alpha value is -3.92. The van der Waals surface area contributed by atoms with Crippen molar-refractivity contribution in [1.82, 2.24) is 0 Å². The van der Waals surface area contributed by atoms with E-state index in [0.717, 1.165) is 0 Å². The van der Waals surface area contributed by atoms with E-state index in [1.807, 2.05) is 11.8 Å². The molecule has 8 atom stereocenters. The minimum atomic E-state index is -5.58. The van der Waals surface area contributed by atoms with Crippen LogP contribution in [0.4, 0.5) is 4.79 Å². The van der Waals surface area contributed by atoms with Crippen molar-refractivity contribution in [2.24, 2.45) is 0 Å². The van der Waals surface area contributed by atoms with Gasteiger partial charge in [0.15, 0.2) is 6.10 Å². The molecule has 0 saturated heterocycles. The monoisotopic (exact) mass is 828 g/mol. The Labute approximate surface area is 297 Å². The molecule has 0 aromatic heterocycles. The summed E-state index contributed by atoms with van der Waals surface area (Å²) in [5, 5.41) is 89.6. The number of phosphoric ester groups is 2. The van der Waals surface area contributed by atoms with Crippen molar-refractivity contribution in [3.05, 3.63) is 0 Å². The lowest BCUT2D eigenvalue weighted by atomic mass is 9.85. The molecule has 0 aliphatic heterocycles. The zero-order valence-corrected chi connectivity index (χ0v) is 27.7. The Kier molecular flexibility index (Phi) is 23.9. The van der Waals surface area contributed by atoms with Crippen molar-refractivity contribution in [2.45, 2.75) is 49.7 Å². The highest BCUT2D eigenvalue weighted by molar-refractivity contribution is 7.47. The summed E-state index contributed by atoms with van der Waals surface area (Å²) in [6, 6.07) is 0. The number of hydrogen-bond acceptors (Lipinski definition) is 27. The van der Waals surface area contributed by atoms with Crippen molar-refractivity contribution < 1.29 is 147 Å². The number of rotatable bonds is 22. The molecular formula is C22H22O30P2. The molecule has 30 nitrogen and oxygen atoms in total. The van der Waals surface area contributed by atoms with Gasteiger partial charge in [-0.05, 0) is 84.5 Å². The van der Waals surface area contributed by atoms with Gasteiger partial charge in [-0.25, -0.2) is 28.9 Å². The van der Waals surface area contributed by atoms with E-state index in [1.54, 1.807) is 6.92 Å². The zero-order chi connectivity index (χ0) is 40.4. The number of carbonyl (C=O) groups excluding carboxylic acids is 2. The topological polar surface area (TPSA) is 396 Å². The molecule has 0 bridgehead atoms. The summed E-state index contributed by atoms with van der Waals surface area (Å²) in [5.74, 6) is 21.2. The SMILES string of the molecule is CC#CC#CC#CC#CC#CC(=O)OC[C@H](COP(=O)(O)OC1C(O)[C@H](O)[C@H](O)C(OP(=O)(O)O)[C@@H]1O)OC(=O)OOOOOOOOOOOOOO. The molecule has 0 radical (unpaired) electrons. The Morgan fingerprint density at radius 2 is 1.11 bits per heavy atom. The summed E-state index contributed by atoms with van der Waals surface area (Å²) in [5.41, 5.74) is 0. The van der Waals surface area contributed by atoms with Gasteiger partial charge in [-0.3, -0.25) is 13.6 Å². The maximum atomic E-state index is 12.6.